The fraction of sp³-hybridized carbons (Fsp3) is 0.182. The van der Waals surface area contributed by atoms with Crippen LogP contribution in [0.2, 0.25) is 0 Å². The number of hydrogen-bond acceptors (Lipinski definition) is 5. The zero-order valence-electron chi connectivity index (χ0n) is 16.7. The van der Waals surface area contributed by atoms with E-state index in [1.54, 1.807) is 18.2 Å². The van der Waals surface area contributed by atoms with Crippen molar-refractivity contribution in [1.29, 1.82) is 0 Å². The van der Waals surface area contributed by atoms with Crippen LogP contribution >= 0.6 is 0 Å². The molecule has 0 atom stereocenters. The van der Waals surface area contributed by atoms with Gasteiger partial charge in [-0.1, -0.05) is 12.1 Å². The van der Waals surface area contributed by atoms with Crippen LogP contribution in [0.4, 0.5) is 20.2 Å². The Morgan fingerprint density at radius 3 is 2.58 bits per heavy atom. The molecule has 0 amide bonds. The predicted molar refractivity (Wildman–Crippen MR) is 114 cm³/mol. The standard InChI is InChI=1S/C22H21F2N3O3S/c1-30-20-3-2-4-21(13-20)31(28,29)27-22-12-19(6-5-16(22)14-26-27)25-8-7-15-9-17(23)11-18(24)10-15/h2-6,9-13,25-26H,7-8,14H2,1H3. The first-order chi connectivity index (χ1) is 14.9. The number of methoxy groups -OCH3 is 1. The Morgan fingerprint density at radius 1 is 1.06 bits per heavy atom. The molecule has 2 N–H and O–H groups in total. The van der Waals surface area contributed by atoms with Crippen molar-refractivity contribution in [2.24, 2.45) is 0 Å². The van der Waals surface area contributed by atoms with Gasteiger partial charge in [0.05, 0.1) is 17.7 Å². The summed E-state index contributed by atoms with van der Waals surface area (Å²) in [7, 11) is -2.37. The molecular formula is C22H21F2N3O3S. The zero-order chi connectivity index (χ0) is 22.0. The first-order valence-corrected chi connectivity index (χ1v) is 11.1. The molecule has 0 spiro atoms. The number of hydrogen-bond donors (Lipinski definition) is 2. The zero-order valence-corrected chi connectivity index (χ0v) is 17.5. The fourth-order valence-electron chi connectivity index (χ4n) is 3.44. The second kappa shape index (κ2) is 8.52. The Morgan fingerprint density at radius 2 is 1.84 bits per heavy atom. The van der Waals surface area contributed by atoms with Crippen LogP contribution in [0.15, 0.2) is 65.6 Å². The first-order valence-electron chi connectivity index (χ1n) is 9.61. The van der Waals surface area contributed by atoms with Gasteiger partial charge in [0, 0.05) is 30.9 Å². The maximum atomic E-state index is 13.3. The second-order valence-electron chi connectivity index (χ2n) is 7.08. The highest BCUT2D eigenvalue weighted by molar-refractivity contribution is 7.92. The summed E-state index contributed by atoms with van der Waals surface area (Å²) in [6, 6.07) is 15.1. The molecule has 31 heavy (non-hydrogen) atoms. The van der Waals surface area contributed by atoms with Crippen molar-refractivity contribution in [3.63, 3.8) is 0 Å². The molecule has 0 saturated heterocycles. The van der Waals surface area contributed by atoms with Crippen molar-refractivity contribution in [2.75, 3.05) is 23.4 Å². The van der Waals surface area contributed by atoms with Gasteiger partial charge >= 0.3 is 0 Å². The third-order valence-electron chi connectivity index (χ3n) is 4.96. The van der Waals surface area contributed by atoms with E-state index in [9.17, 15) is 17.2 Å². The molecule has 162 valence electrons. The normalized spacial score (nSPS) is 13.2. The average Bonchev–Trinajstić information content (AvgIpc) is 3.17. The summed E-state index contributed by atoms with van der Waals surface area (Å²) in [4.78, 5) is 0.110. The molecule has 0 radical (unpaired) electrons. The highest BCUT2D eigenvalue weighted by Crippen LogP contribution is 2.33. The van der Waals surface area contributed by atoms with Crippen molar-refractivity contribution >= 4 is 21.4 Å². The second-order valence-corrected chi connectivity index (χ2v) is 8.87. The van der Waals surface area contributed by atoms with Gasteiger partial charge in [0.25, 0.3) is 10.0 Å². The number of benzene rings is 3. The van der Waals surface area contributed by atoms with Crippen LogP contribution in [0.25, 0.3) is 0 Å². The highest BCUT2D eigenvalue weighted by Gasteiger charge is 2.31. The van der Waals surface area contributed by atoms with E-state index >= 15 is 0 Å². The number of nitrogens with zero attached hydrogens (tertiary/aromatic N) is 1. The van der Waals surface area contributed by atoms with Crippen LogP contribution in [-0.2, 0) is 23.0 Å². The number of ether oxygens (including phenoxy) is 1. The molecule has 1 aliphatic rings. The van der Waals surface area contributed by atoms with Gasteiger partial charge in [0.15, 0.2) is 0 Å². The molecule has 0 aromatic heterocycles. The summed E-state index contributed by atoms with van der Waals surface area (Å²) in [6.45, 7) is 0.805. The topological polar surface area (TPSA) is 70.7 Å². The van der Waals surface area contributed by atoms with Crippen LogP contribution in [0.3, 0.4) is 0 Å². The van der Waals surface area contributed by atoms with Gasteiger partial charge in [-0.3, -0.25) is 0 Å². The predicted octanol–water partition coefficient (Wildman–Crippen LogP) is 3.84. The number of anilines is 2. The van der Waals surface area contributed by atoms with Crippen molar-refractivity contribution in [3.05, 3.63) is 83.4 Å². The smallest absolute Gasteiger partial charge is 0.277 e. The van der Waals surface area contributed by atoms with Gasteiger partial charge in [0.1, 0.15) is 17.4 Å². The van der Waals surface area contributed by atoms with Gasteiger partial charge in [-0.05, 0) is 53.9 Å². The van der Waals surface area contributed by atoms with Crippen LogP contribution in [0.1, 0.15) is 11.1 Å². The number of nitrogens with one attached hydrogen (secondary N) is 2. The molecule has 0 saturated carbocycles. The van der Waals surface area contributed by atoms with Crippen molar-refractivity contribution in [1.82, 2.24) is 5.43 Å². The van der Waals surface area contributed by atoms with Crippen LogP contribution in [0, 0.1) is 11.6 Å². The van der Waals surface area contributed by atoms with Gasteiger partial charge in [-0.25, -0.2) is 14.2 Å². The Balaban J connectivity index is 1.52. The Hall–Kier alpha value is -3.17. The minimum atomic E-state index is -3.84. The largest absolute Gasteiger partial charge is 0.497 e. The number of hydrazine groups is 1. The molecule has 3 aromatic rings. The molecule has 1 heterocycles. The highest BCUT2D eigenvalue weighted by atomic mass is 32.2. The molecule has 0 bridgehead atoms. The maximum Gasteiger partial charge on any atom is 0.277 e. The SMILES string of the molecule is COc1cccc(S(=O)(=O)N2NCc3ccc(NCCc4cc(F)cc(F)c4)cc32)c1. The summed E-state index contributed by atoms with van der Waals surface area (Å²) in [5.41, 5.74) is 5.51. The van der Waals surface area contributed by atoms with E-state index in [-0.39, 0.29) is 4.90 Å². The van der Waals surface area contributed by atoms with Gasteiger partial charge in [-0.15, -0.1) is 0 Å². The van der Waals surface area contributed by atoms with Crippen LogP contribution < -0.4 is 19.9 Å². The molecule has 1 aliphatic heterocycles. The lowest BCUT2D eigenvalue weighted by molar-refractivity contribution is 0.413. The Kier molecular flexibility index (Phi) is 5.79. The van der Waals surface area contributed by atoms with Crippen LogP contribution in [-0.4, -0.2) is 22.1 Å². The number of sulfonamides is 1. The fourth-order valence-corrected chi connectivity index (χ4v) is 4.83. The minimum Gasteiger partial charge on any atom is -0.497 e. The molecule has 0 unspecified atom stereocenters. The first kappa shape index (κ1) is 21.1. The minimum absolute atomic E-state index is 0.110. The van der Waals surface area contributed by atoms with E-state index in [2.05, 4.69) is 10.7 Å². The summed E-state index contributed by atoms with van der Waals surface area (Å²) < 4.78 is 59.3. The summed E-state index contributed by atoms with van der Waals surface area (Å²) in [6.07, 6.45) is 0.413. The molecule has 9 heteroatoms. The molecule has 3 aromatic carbocycles. The number of halogens is 2. The Bertz CT molecular complexity index is 1200. The lowest BCUT2D eigenvalue weighted by atomic mass is 10.1. The lowest BCUT2D eigenvalue weighted by Crippen LogP contribution is -2.38. The lowest BCUT2D eigenvalue weighted by Gasteiger charge is -2.20. The van der Waals surface area contributed by atoms with Crippen molar-refractivity contribution in [3.8, 4) is 5.75 Å². The van der Waals surface area contributed by atoms with E-state index in [0.717, 1.165) is 16.0 Å². The molecule has 4 rings (SSSR count). The number of rotatable bonds is 7. The van der Waals surface area contributed by atoms with Crippen molar-refractivity contribution in [2.45, 2.75) is 17.9 Å². The van der Waals surface area contributed by atoms with E-state index in [0.29, 0.717) is 42.2 Å². The van der Waals surface area contributed by atoms with E-state index < -0.39 is 21.7 Å². The van der Waals surface area contributed by atoms with Gasteiger partial charge in [0.2, 0.25) is 0 Å². The number of fused-ring (bicyclic) bond motifs is 1. The summed E-state index contributed by atoms with van der Waals surface area (Å²) in [5.74, 6) is -0.779. The monoisotopic (exact) mass is 445 g/mol. The van der Waals surface area contributed by atoms with E-state index in [1.165, 1.54) is 31.4 Å². The third-order valence-corrected chi connectivity index (χ3v) is 6.62. The van der Waals surface area contributed by atoms with E-state index in [1.807, 2.05) is 12.1 Å². The molecule has 0 aliphatic carbocycles. The molecular weight excluding hydrogens is 424 g/mol. The van der Waals surface area contributed by atoms with Gasteiger partial charge < -0.3 is 10.1 Å². The average molecular weight is 445 g/mol. The Labute approximate surface area is 179 Å². The summed E-state index contributed by atoms with van der Waals surface area (Å²) >= 11 is 0. The summed E-state index contributed by atoms with van der Waals surface area (Å²) in [5, 5.41) is 3.18. The van der Waals surface area contributed by atoms with Gasteiger partial charge in [-0.2, -0.15) is 12.8 Å². The van der Waals surface area contributed by atoms with E-state index in [4.69, 9.17) is 4.74 Å². The molecule has 6 nitrogen and oxygen atoms in total. The maximum absolute atomic E-state index is 13.3. The third kappa shape index (κ3) is 4.47. The molecule has 0 fully saturated rings. The van der Waals surface area contributed by atoms with Crippen LogP contribution in [0.5, 0.6) is 5.75 Å². The quantitative estimate of drug-likeness (QED) is 0.578. The van der Waals surface area contributed by atoms with Crippen molar-refractivity contribution < 1.29 is 21.9 Å².